The molecule has 1 aromatic heterocycles. The summed E-state index contributed by atoms with van der Waals surface area (Å²) in [6, 6.07) is 0. The predicted octanol–water partition coefficient (Wildman–Crippen LogP) is 1.28. The molecule has 1 amide bonds. The first-order chi connectivity index (χ1) is 9.66. The Hall–Kier alpha value is -1.85. The number of amides is 1. The lowest BCUT2D eigenvalue weighted by atomic mass is 9.81. The number of hydrogen-bond acceptors (Lipinski definition) is 3. The Morgan fingerprint density at radius 2 is 2.15 bits per heavy atom. The fourth-order valence-corrected chi connectivity index (χ4v) is 2.69. The third-order valence-corrected chi connectivity index (χ3v) is 3.85. The molecule has 1 heterocycles. The van der Waals surface area contributed by atoms with E-state index in [-0.39, 0.29) is 17.7 Å². The van der Waals surface area contributed by atoms with Crippen molar-refractivity contribution in [3.63, 3.8) is 0 Å². The molecule has 0 bridgehead atoms. The van der Waals surface area contributed by atoms with Crippen LogP contribution in [0.3, 0.4) is 0 Å². The topological polar surface area (TPSA) is 84.2 Å². The number of hydrogen-bond donors (Lipinski definition) is 2. The summed E-state index contributed by atoms with van der Waals surface area (Å²) in [6.07, 6.45) is 9.01. The Morgan fingerprint density at radius 3 is 2.85 bits per heavy atom. The molecule has 1 aliphatic rings. The van der Waals surface area contributed by atoms with E-state index in [0.717, 1.165) is 25.8 Å². The van der Waals surface area contributed by atoms with Crippen LogP contribution in [0.25, 0.3) is 0 Å². The fourth-order valence-electron chi connectivity index (χ4n) is 2.69. The molecule has 1 aliphatic carbocycles. The number of carbonyl (C=O) groups is 2. The first kappa shape index (κ1) is 14.6. The van der Waals surface area contributed by atoms with Gasteiger partial charge in [-0.2, -0.15) is 0 Å². The van der Waals surface area contributed by atoms with E-state index in [1.54, 1.807) is 12.5 Å². The second kappa shape index (κ2) is 7.07. The highest BCUT2D eigenvalue weighted by Gasteiger charge is 2.30. The number of nitrogens with one attached hydrogen (secondary N) is 1. The molecule has 6 nitrogen and oxygen atoms in total. The molecule has 1 saturated carbocycles. The molecule has 0 aliphatic heterocycles. The number of carboxylic acids is 1. The molecule has 0 aromatic carbocycles. The van der Waals surface area contributed by atoms with E-state index in [0.29, 0.717) is 19.4 Å². The van der Waals surface area contributed by atoms with Crippen LogP contribution in [0.1, 0.15) is 32.1 Å². The van der Waals surface area contributed by atoms with Gasteiger partial charge in [-0.3, -0.25) is 9.59 Å². The highest BCUT2D eigenvalue weighted by molar-refractivity contribution is 5.80. The summed E-state index contributed by atoms with van der Waals surface area (Å²) < 4.78 is 1.97. The molecule has 0 spiro atoms. The van der Waals surface area contributed by atoms with Crippen molar-refractivity contribution >= 4 is 11.9 Å². The molecule has 6 heteroatoms. The fraction of sp³-hybridized carbons (Fsp3) is 0.643. The monoisotopic (exact) mass is 279 g/mol. The second-order valence-corrected chi connectivity index (χ2v) is 5.34. The predicted molar refractivity (Wildman–Crippen MR) is 72.9 cm³/mol. The van der Waals surface area contributed by atoms with Gasteiger partial charge in [0.1, 0.15) is 0 Å². The highest BCUT2D eigenvalue weighted by atomic mass is 16.4. The van der Waals surface area contributed by atoms with Crippen molar-refractivity contribution in [3.05, 3.63) is 18.7 Å². The van der Waals surface area contributed by atoms with Crippen molar-refractivity contribution in [2.75, 3.05) is 6.54 Å². The van der Waals surface area contributed by atoms with E-state index in [1.165, 1.54) is 0 Å². The Morgan fingerprint density at radius 1 is 1.35 bits per heavy atom. The summed E-state index contributed by atoms with van der Waals surface area (Å²) in [4.78, 5) is 26.9. The second-order valence-electron chi connectivity index (χ2n) is 5.34. The average Bonchev–Trinajstić information content (AvgIpc) is 2.96. The number of nitrogens with zero attached hydrogens (tertiary/aromatic N) is 2. The summed E-state index contributed by atoms with van der Waals surface area (Å²) in [6.45, 7) is 1.44. The van der Waals surface area contributed by atoms with Gasteiger partial charge in [-0.15, -0.1) is 0 Å². The van der Waals surface area contributed by atoms with E-state index in [9.17, 15) is 9.59 Å². The van der Waals surface area contributed by atoms with E-state index < -0.39 is 5.97 Å². The Kier molecular flexibility index (Phi) is 5.15. The molecule has 110 valence electrons. The first-order valence-corrected chi connectivity index (χ1v) is 7.13. The largest absolute Gasteiger partial charge is 0.481 e. The van der Waals surface area contributed by atoms with Crippen LogP contribution >= 0.6 is 0 Å². The number of imidazole rings is 1. The molecule has 0 radical (unpaired) electrons. The van der Waals surface area contributed by atoms with Gasteiger partial charge in [0, 0.05) is 31.4 Å². The zero-order chi connectivity index (χ0) is 14.4. The van der Waals surface area contributed by atoms with Crippen LogP contribution in [0, 0.1) is 11.8 Å². The molecule has 1 aromatic rings. The molecule has 2 N–H and O–H groups in total. The molecule has 1 fully saturated rings. The zero-order valence-corrected chi connectivity index (χ0v) is 11.5. The molecule has 2 atom stereocenters. The van der Waals surface area contributed by atoms with E-state index >= 15 is 0 Å². The van der Waals surface area contributed by atoms with E-state index in [4.69, 9.17) is 5.11 Å². The average molecular weight is 279 g/mol. The summed E-state index contributed by atoms with van der Waals surface area (Å²) in [5.74, 6) is -1.27. The quantitative estimate of drug-likeness (QED) is 0.768. The maximum Gasteiger partial charge on any atom is 0.306 e. The molecule has 0 saturated heterocycles. The summed E-state index contributed by atoms with van der Waals surface area (Å²) in [7, 11) is 0. The normalized spacial score (nSPS) is 22.4. The van der Waals surface area contributed by atoms with Crippen LogP contribution < -0.4 is 5.32 Å². The van der Waals surface area contributed by atoms with Gasteiger partial charge in [0.05, 0.1) is 12.2 Å². The van der Waals surface area contributed by atoms with Gasteiger partial charge < -0.3 is 15.0 Å². The van der Waals surface area contributed by atoms with Crippen molar-refractivity contribution in [2.24, 2.45) is 11.8 Å². The minimum atomic E-state index is -0.775. The Labute approximate surface area is 118 Å². The Bertz CT molecular complexity index is 445. The van der Waals surface area contributed by atoms with Crippen LogP contribution in [-0.4, -0.2) is 33.1 Å². The summed E-state index contributed by atoms with van der Waals surface area (Å²) in [5, 5.41) is 11.9. The van der Waals surface area contributed by atoms with Crippen molar-refractivity contribution in [2.45, 2.75) is 38.6 Å². The first-order valence-electron chi connectivity index (χ1n) is 7.13. The maximum atomic E-state index is 12.0. The lowest BCUT2D eigenvalue weighted by Crippen LogP contribution is -2.36. The van der Waals surface area contributed by atoms with E-state index in [2.05, 4.69) is 10.3 Å². The van der Waals surface area contributed by atoms with Gasteiger partial charge >= 0.3 is 5.97 Å². The smallest absolute Gasteiger partial charge is 0.306 e. The minimum absolute atomic E-state index is 0.00146. The zero-order valence-electron chi connectivity index (χ0n) is 11.5. The lowest BCUT2D eigenvalue weighted by Gasteiger charge is -2.25. The highest BCUT2D eigenvalue weighted by Crippen LogP contribution is 2.29. The van der Waals surface area contributed by atoms with Crippen LogP contribution in [0.2, 0.25) is 0 Å². The SMILES string of the molecule is O=C(O)[C@H]1CCC[C@@H](C(=O)NCCCn2ccnc2)C1. The van der Waals surface area contributed by atoms with Crippen LogP contribution in [-0.2, 0) is 16.1 Å². The van der Waals surface area contributed by atoms with E-state index in [1.807, 2.05) is 10.8 Å². The maximum absolute atomic E-state index is 12.0. The number of aromatic nitrogens is 2. The third-order valence-electron chi connectivity index (χ3n) is 3.85. The van der Waals surface area contributed by atoms with Crippen molar-refractivity contribution in [1.82, 2.24) is 14.9 Å². The Balaban J connectivity index is 1.67. The summed E-state index contributed by atoms with van der Waals surface area (Å²) in [5.41, 5.74) is 0. The number of carbonyl (C=O) groups excluding carboxylic acids is 1. The number of rotatable bonds is 6. The van der Waals surface area contributed by atoms with Crippen molar-refractivity contribution in [3.8, 4) is 0 Å². The van der Waals surface area contributed by atoms with Crippen LogP contribution in [0.4, 0.5) is 0 Å². The van der Waals surface area contributed by atoms with Gasteiger partial charge in [0.15, 0.2) is 0 Å². The van der Waals surface area contributed by atoms with Gasteiger partial charge in [0.25, 0.3) is 0 Å². The summed E-state index contributed by atoms with van der Waals surface area (Å²) >= 11 is 0. The molecule has 20 heavy (non-hydrogen) atoms. The molecule has 2 rings (SSSR count). The number of carboxylic acid groups (broad SMARTS) is 1. The molecule has 0 unspecified atom stereocenters. The standard InChI is InChI=1S/C14H21N3O3/c18-13(11-3-1-4-12(9-11)14(19)20)16-5-2-7-17-8-6-15-10-17/h6,8,10-12H,1-5,7,9H2,(H,16,18)(H,19,20)/t11-,12+/m1/s1. The van der Waals surface area contributed by atoms with Gasteiger partial charge in [0.2, 0.25) is 5.91 Å². The van der Waals surface area contributed by atoms with Crippen molar-refractivity contribution < 1.29 is 14.7 Å². The third kappa shape index (κ3) is 4.08. The number of aryl methyl sites for hydroxylation is 1. The van der Waals surface area contributed by atoms with Crippen LogP contribution in [0.5, 0.6) is 0 Å². The lowest BCUT2D eigenvalue weighted by molar-refractivity contribution is -0.144. The van der Waals surface area contributed by atoms with Gasteiger partial charge in [-0.25, -0.2) is 4.98 Å². The van der Waals surface area contributed by atoms with Crippen LogP contribution in [0.15, 0.2) is 18.7 Å². The van der Waals surface area contributed by atoms with Gasteiger partial charge in [-0.1, -0.05) is 6.42 Å². The van der Waals surface area contributed by atoms with Crippen molar-refractivity contribution in [1.29, 1.82) is 0 Å². The van der Waals surface area contributed by atoms with Gasteiger partial charge in [-0.05, 0) is 25.7 Å². The number of aliphatic carboxylic acids is 1. The minimum Gasteiger partial charge on any atom is -0.481 e. The molecular weight excluding hydrogens is 258 g/mol. The molecular formula is C14H21N3O3.